The molecule has 0 aliphatic heterocycles. The quantitative estimate of drug-likeness (QED) is 0.769. The molecule has 2 saturated carbocycles. The summed E-state index contributed by atoms with van der Waals surface area (Å²) in [6, 6.07) is 5.41. The van der Waals surface area contributed by atoms with Gasteiger partial charge in [-0.2, -0.15) is 0 Å². The van der Waals surface area contributed by atoms with Crippen LogP contribution in [-0.4, -0.2) is 16.0 Å². The van der Waals surface area contributed by atoms with E-state index in [0.29, 0.717) is 30.0 Å². The highest BCUT2D eigenvalue weighted by Crippen LogP contribution is 2.60. The monoisotopic (exact) mass is 286 g/mol. The molecule has 3 heteroatoms. The van der Waals surface area contributed by atoms with Gasteiger partial charge in [0.1, 0.15) is 11.5 Å². The van der Waals surface area contributed by atoms with E-state index in [4.69, 9.17) is 0 Å². The second kappa shape index (κ2) is 4.33. The van der Waals surface area contributed by atoms with Crippen molar-refractivity contribution in [1.82, 2.24) is 0 Å². The molecule has 2 N–H and O–H groups in total. The first-order valence-corrected chi connectivity index (χ1v) is 8.05. The first kappa shape index (κ1) is 13.3. The molecule has 0 heterocycles. The first-order valence-electron chi connectivity index (χ1n) is 8.05. The van der Waals surface area contributed by atoms with Crippen LogP contribution in [0.4, 0.5) is 0 Å². The van der Waals surface area contributed by atoms with Gasteiger partial charge in [-0.25, -0.2) is 0 Å². The molecule has 3 nitrogen and oxygen atoms in total. The van der Waals surface area contributed by atoms with E-state index < -0.39 is 6.10 Å². The number of hydrogen-bond acceptors (Lipinski definition) is 3. The van der Waals surface area contributed by atoms with E-state index in [1.54, 1.807) is 12.1 Å². The lowest BCUT2D eigenvalue weighted by atomic mass is 9.55. The minimum Gasteiger partial charge on any atom is -0.508 e. The molecule has 0 spiro atoms. The zero-order valence-electron chi connectivity index (χ0n) is 12.4. The summed E-state index contributed by atoms with van der Waals surface area (Å²) in [5.41, 5.74) is 1.93. The van der Waals surface area contributed by atoms with Crippen LogP contribution in [0.3, 0.4) is 0 Å². The smallest absolute Gasteiger partial charge is 0.139 e. The molecule has 3 aliphatic carbocycles. The van der Waals surface area contributed by atoms with Gasteiger partial charge in [0.2, 0.25) is 0 Å². The van der Waals surface area contributed by atoms with Gasteiger partial charge >= 0.3 is 0 Å². The Morgan fingerprint density at radius 3 is 2.86 bits per heavy atom. The van der Waals surface area contributed by atoms with Gasteiger partial charge < -0.3 is 10.2 Å². The van der Waals surface area contributed by atoms with E-state index >= 15 is 0 Å². The van der Waals surface area contributed by atoms with Crippen LogP contribution < -0.4 is 0 Å². The second-order valence-corrected chi connectivity index (χ2v) is 7.36. The number of ketones is 1. The van der Waals surface area contributed by atoms with E-state index in [2.05, 4.69) is 6.92 Å². The first-order chi connectivity index (χ1) is 10.0. The van der Waals surface area contributed by atoms with Crippen LogP contribution in [0.2, 0.25) is 0 Å². The average molecular weight is 286 g/mol. The molecule has 0 aromatic heterocycles. The summed E-state index contributed by atoms with van der Waals surface area (Å²) in [6.45, 7) is 2.14. The maximum absolute atomic E-state index is 12.3. The van der Waals surface area contributed by atoms with E-state index in [-0.39, 0.29) is 11.2 Å². The number of carbonyl (C=O) groups is 1. The molecule has 0 amide bonds. The molecule has 4 rings (SSSR count). The molecule has 3 aliphatic rings. The van der Waals surface area contributed by atoms with Gasteiger partial charge in [0.15, 0.2) is 0 Å². The second-order valence-electron chi connectivity index (χ2n) is 7.36. The van der Waals surface area contributed by atoms with Crippen LogP contribution in [0.1, 0.15) is 62.2 Å². The molecular formula is C18H22O3. The number of aliphatic hydroxyl groups is 1. The Morgan fingerprint density at radius 1 is 1.24 bits per heavy atom. The number of rotatable bonds is 0. The molecule has 1 aromatic carbocycles. The van der Waals surface area contributed by atoms with Crippen molar-refractivity contribution in [3.05, 3.63) is 29.3 Å². The number of aromatic hydroxyl groups is 1. The van der Waals surface area contributed by atoms with Crippen molar-refractivity contribution in [3.63, 3.8) is 0 Å². The zero-order valence-corrected chi connectivity index (χ0v) is 12.4. The zero-order chi connectivity index (χ0) is 14.8. The lowest BCUT2D eigenvalue weighted by molar-refractivity contribution is -0.129. The molecule has 0 radical (unpaired) electrons. The van der Waals surface area contributed by atoms with Crippen LogP contribution in [0.5, 0.6) is 5.75 Å². The molecule has 2 fully saturated rings. The Hall–Kier alpha value is -1.35. The standard InChI is InChI=1S/C18H22O3/c1-18-7-6-12-11-3-2-10(19)8-14(11)16(20)9-13(12)15(18)4-5-17(18)21/h2-3,8,12-13,15-16,19-20H,4-7,9H2,1H3/t12-,13-,15-,16+,18-/m1/s1. The van der Waals surface area contributed by atoms with Crippen LogP contribution >= 0.6 is 0 Å². The number of fused-ring (bicyclic) bond motifs is 5. The largest absolute Gasteiger partial charge is 0.508 e. The fraction of sp³-hybridized carbons (Fsp3) is 0.611. The topological polar surface area (TPSA) is 57.5 Å². The Balaban J connectivity index is 1.77. The lowest BCUT2D eigenvalue weighted by Gasteiger charge is -2.49. The van der Waals surface area contributed by atoms with Crippen molar-refractivity contribution in [2.75, 3.05) is 0 Å². The van der Waals surface area contributed by atoms with E-state index in [9.17, 15) is 15.0 Å². The molecule has 0 bridgehead atoms. The van der Waals surface area contributed by atoms with Gasteiger partial charge in [-0.1, -0.05) is 13.0 Å². The predicted molar refractivity (Wildman–Crippen MR) is 79.0 cm³/mol. The molecule has 0 saturated heterocycles. The summed E-state index contributed by atoms with van der Waals surface area (Å²) in [5, 5.41) is 20.2. The van der Waals surface area contributed by atoms with Gasteiger partial charge in [0.05, 0.1) is 6.10 Å². The Labute approximate surface area is 125 Å². The third-order valence-electron chi connectivity index (χ3n) is 6.47. The van der Waals surface area contributed by atoms with Crippen molar-refractivity contribution in [3.8, 4) is 5.75 Å². The minimum absolute atomic E-state index is 0.157. The highest BCUT2D eigenvalue weighted by atomic mass is 16.3. The normalized spacial score (nSPS) is 41.3. The lowest BCUT2D eigenvalue weighted by Crippen LogP contribution is -2.43. The van der Waals surface area contributed by atoms with Crippen LogP contribution in [0, 0.1) is 17.3 Å². The number of phenols is 1. The molecular weight excluding hydrogens is 264 g/mol. The SMILES string of the molecule is C[C@@]12CC[C@@H]3c4ccc(O)cc4[C@@H](O)C[C@H]3[C@H]1CCC2=O. The molecule has 21 heavy (non-hydrogen) atoms. The fourth-order valence-electron chi connectivity index (χ4n) is 5.35. The van der Waals surface area contributed by atoms with Crippen molar-refractivity contribution >= 4 is 5.78 Å². The van der Waals surface area contributed by atoms with Gasteiger partial charge in [0.25, 0.3) is 0 Å². The molecule has 0 unspecified atom stereocenters. The third kappa shape index (κ3) is 1.73. The summed E-state index contributed by atoms with van der Waals surface area (Å²) >= 11 is 0. The number of Topliss-reactive ketones (excluding diaryl/α,β-unsaturated/α-hetero) is 1. The number of aliphatic hydroxyl groups excluding tert-OH is 1. The number of phenolic OH excluding ortho intramolecular Hbond substituents is 1. The molecule has 1 aromatic rings. The molecule has 112 valence electrons. The van der Waals surface area contributed by atoms with Crippen molar-refractivity contribution in [2.24, 2.45) is 17.3 Å². The number of hydrogen-bond donors (Lipinski definition) is 2. The van der Waals surface area contributed by atoms with Crippen LogP contribution in [-0.2, 0) is 4.79 Å². The summed E-state index contributed by atoms with van der Waals surface area (Å²) in [4.78, 5) is 12.3. The number of carbonyl (C=O) groups excluding carboxylic acids is 1. The highest BCUT2D eigenvalue weighted by molar-refractivity contribution is 5.87. The van der Waals surface area contributed by atoms with E-state index in [1.165, 1.54) is 5.56 Å². The van der Waals surface area contributed by atoms with Gasteiger partial charge in [-0.3, -0.25) is 4.79 Å². The van der Waals surface area contributed by atoms with Crippen LogP contribution in [0.15, 0.2) is 18.2 Å². The van der Waals surface area contributed by atoms with Gasteiger partial charge in [-0.15, -0.1) is 0 Å². The number of benzene rings is 1. The Bertz CT molecular complexity index is 608. The highest BCUT2D eigenvalue weighted by Gasteiger charge is 2.55. The summed E-state index contributed by atoms with van der Waals surface area (Å²) in [5.74, 6) is 1.91. The van der Waals surface area contributed by atoms with E-state index in [0.717, 1.165) is 31.2 Å². The predicted octanol–water partition coefficient (Wildman–Crippen LogP) is 3.31. The minimum atomic E-state index is -0.508. The Morgan fingerprint density at radius 2 is 2.05 bits per heavy atom. The van der Waals surface area contributed by atoms with Gasteiger partial charge in [-0.05, 0) is 66.7 Å². The summed E-state index contributed by atoms with van der Waals surface area (Å²) < 4.78 is 0. The third-order valence-corrected chi connectivity index (χ3v) is 6.47. The Kier molecular flexibility index (Phi) is 2.74. The van der Waals surface area contributed by atoms with Crippen LogP contribution in [0.25, 0.3) is 0 Å². The fourth-order valence-corrected chi connectivity index (χ4v) is 5.35. The maximum atomic E-state index is 12.3. The van der Waals surface area contributed by atoms with E-state index in [1.807, 2.05) is 6.07 Å². The molecule has 5 atom stereocenters. The van der Waals surface area contributed by atoms with Gasteiger partial charge in [0, 0.05) is 11.8 Å². The van der Waals surface area contributed by atoms with Crippen molar-refractivity contribution in [2.45, 2.75) is 51.0 Å². The maximum Gasteiger partial charge on any atom is 0.139 e. The summed E-state index contributed by atoms with van der Waals surface area (Å²) in [6.07, 6.45) is 3.90. The average Bonchev–Trinajstić information content (AvgIpc) is 2.76. The summed E-state index contributed by atoms with van der Waals surface area (Å²) in [7, 11) is 0. The van der Waals surface area contributed by atoms with Crippen molar-refractivity contribution in [1.29, 1.82) is 0 Å². The van der Waals surface area contributed by atoms with Crippen molar-refractivity contribution < 1.29 is 15.0 Å².